The minimum Gasteiger partial charge on any atom is -0.444 e. The van der Waals surface area contributed by atoms with Crippen molar-refractivity contribution in [3.05, 3.63) is 35.6 Å². The molecule has 0 aliphatic carbocycles. The molecule has 128 valence electrons. The summed E-state index contributed by atoms with van der Waals surface area (Å²) in [4.78, 5) is 14.3. The van der Waals surface area contributed by atoms with E-state index in [1.54, 1.807) is 11.0 Å². The van der Waals surface area contributed by atoms with Gasteiger partial charge in [0.15, 0.2) is 0 Å². The number of hydrogen-bond acceptors (Lipinski definition) is 3. The van der Waals surface area contributed by atoms with Crippen molar-refractivity contribution in [1.29, 1.82) is 0 Å². The average molecular weight is 322 g/mol. The number of piperidine rings is 1. The van der Waals surface area contributed by atoms with Crippen LogP contribution in [0.2, 0.25) is 0 Å². The quantitative estimate of drug-likeness (QED) is 0.924. The number of rotatable bonds is 3. The minimum absolute atomic E-state index is 0.0506. The number of benzene rings is 1. The molecule has 0 bridgehead atoms. The van der Waals surface area contributed by atoms with E-state index in [9.17, 15) is 9.18 Å². The van der Waals surface area contributed by atoms with Crippen molar-refractivity contribution in [2.75, 3.05) is 13.1 Å². The van der Waals surface area contributed by atoms with Crippen LogP contribution in [-0.2, 0) is 4.74 Å². The summed E-state index contributed by atoms with van der Waals surface area (Å²) < 4.78 is 19.1. The normalized spacial score (nSPS) is 20.2. The third-order valence-corrected chi connectivity index (χ3v) is 4.17. The number of ether oxygens (including phenoxy) is 1. The number of carbonyl (C=O) groups is 1. The van der Waals surface area contributed by atoms with Gasteiger partial charge in [0.2, 0.25) is 0 Å². The van der Waals surface area contributed by atoms with Crippen molar-refractivity contribution in [3.63, 3.8) is 0 Å². The van der Waals surface area contributed by atoms with Crippen molar-refractivity contribution in [2.45, 2.75) is 57.6 Å². The van der Waals surface area contributed by atoms with Gasteiger partial charge < -0.3 is 15.4 Å². The lowest BCUT2D eigenvalue weighted by Crippen LogP contribution is -2.50. The second-order valence-electron chi connectivity index (χ2n) is 7.13. The van der Waals surface area contributed by atoms with Gasteiger partial charge in [-0.3, -0.25) is 0 Å². The summed E-state index contributed by atoms with van der Waals surface area (Å²) >= 11 is 0. The van der Waals surface area contributed by atoms with E-state index < -0.39 is 5.60 Å². The second kappa shape index (κ2) is 7.30. The number of nitrogens with two attached hydrogens (primary N) is 1. The molecule has 2 N–H and O–H groups in total. The summed E-state index contributed by atoms with van der Waals surface area (Å²) in [6, 6.07) is 6.45. The van der Waals surface area contributed by atoms with Crippen molar-refractivity contribution < 1.29 is 13.9 Å². The largest absolute Gasteiger partial charge is 0.444 e. The summed E-state index contributed by atoms with van der Waals surface area (Å²) in [7, 11) is 0. The highest BCUT2D eigenvalue weighted by Gasteiger charge is 2.35. The highest BCUT2D eigenvalue weighted by Crippen LogP contribution is 2.31. The Labute approximate surface area is 137 Å². The van der Waals surface area contributed by atoms with Gasteiger partial charge in [0.05, 0.1) is 0 Å². The van der Waals surface area contributed by atoms with Crippen LogP contribution < -0.4 is 5.73 Å². The van der Waals surface area contributed by atoms with E-state index in [2.05, 4.69) is 0 Å². The highest BCUT2D eigenvalue weighted by atomic mass is 19.1. The molecule has 0 radical (unpaired) electrons. The van der Waals surface area contributed by atoms with Gasteiger partial charge in [-0.05, 0) is 57.7 Å². The number of halogens is 1. The zero-order chi connectivity index (χ0) is 17.0. The first-order valence-corrected chi connectivity index (χ1v) is 8.27. The zero-order valence-corrected chi connectivity index (χ0v) is 14.2. The summed E-state index contributed by atoms with van der Waals surface area (Å²) in [5.74, 6) is -0.362. The van der Waals surface area contributed by atoms with E-state index in [1.807, 2.05) is 26.8 Å². The van der Waals surface area contributed by atoms with Crippen LogP contribution in [0, 0.1) is 5.82 Å². The average Bonchev–Trinajstić information content (AvgIpc) is 2.47. The zero-order valence-electron chi connectivity index (χ0n) is 14.2. The smallest absolute Gasteiger partial charge is 0.410 e. The second-order valence-corrected chi connectivity index (χ2v) is 7.13. The predicted molar refractivity (Wildman–Crippen MR) is 88.8 cm³/mol. The first-order valence-electron chi connectivity index (χ1n) is 8.27. The van der Waals surface area contributed by atoms with Crippen LogP contribution in [0.25, 0.3) is 0 Å². The molecular formula is C18H27FN2O2. The first kappa shape index (κ1) is 17.7. The molecule has 1 aromatic carbocycles. The molecule has 1 amide bonds. The van der Waals surface area contributed by atoms with Crippen molar-refractivity contribution >= 4 is 6.09 Å². The van der Waals surface area contributed by atoms with Gasteiger partial charge in [-0.15, -0.1) is 0 Å². The van der Waals surface area contributed by atoms with Crippen LogP contribution in [0.4, 0.5) is 9.18 Å². The van der Waals surface area contributed by atoms with E-state index in [0.717, 1.165) is 24.8 Å². The topological polar surface area (TPSA) is 55.6 Å². The number of hydrogen-bond donors (Lipinski definition) is 1. The molecule has 1 aliphatic heterocycles. The Hall–Kier alpha value is -1.62. The Morgan fingerprint density at radius 1 is 1.43 bits per heavy atom. The fraction of sp³-hybridized carbons (Fsp3) is 0.611. The first-order chi connectivity index (χ1) is 10.8. The molecule has 5 heteroatoms. The van der Waals surface area contributed by atoms with Crippen LogP contribution in [0.15, 0.2) is 24.3 Å². The van der Waals surface area contributed by atoms with Crippen LogP contribution >= 0.6 is 0 Å². The van der Waals surface area contributed by atoms with Crippen molar-refractivity contribution in [3.8, 4) is 0 Å². The maximum absolute atomic E-state index is 13.6. The Kier molecular flexibility index (Phi) is 5.63. The monoisotopic (exact) mass is 322 g/mol. The van der Waals surface area contributed by atoms with Crippen LogP contribution in [0.5, 0.6) is 0 Å². The molecule has 0 saturated carbocycles. The van der Waals surface area contributed by atoms with E-state index >= 15 is 0 Å². The molecule has 1 heterocycles. The highest BCUT2D eigenvalue weighted by molar-refractivity contribution is 5.69. The Bertz CT molecular complexity index is 542. The summed E-state index contributed by atoms with van der Waals surface area (Å²) in [5.41, 5.74) is 6.28. The molecule has 1 saturated heterocycles. The standard InChI is InChI=1S/C18H27FN2O2/c1-18(2,3)23-17(22)21-10-5-4-9-16(21)15(12-20)13-7-6-8-14(19)11-13/h6-8,11,15-16H,4-5,9-10,12,20H2,1-3H3. The molecule has 0 spiro atoms. The maximum atomic E-state index is 13.6. The third kappa shape index (κ3) is 4.67. The van der Waals surface area contributed by atoms with Gasteiger partial charge in [-0.2, -0.15) is 0 Å². The lowest BCUT2D eigenvalue weighted by molar-refractivity contribution is 0.00664. The molecule has 2 atom stereocenters. The van der Waals surface area contributed by atoms with Crippen molar-refractivity contribution in [2.24, 2.45) is 5.73 Å². The Morgan fingerprint density at radius 2 is 2.17 bits per heavy atom. The molecule has 1 aromatic rings. The fourth-order valence-electron chi connectivity index (χ4n) is 3.18. The van der Waals surface area contributed by atoms with Gasteiger partial charge in [-0.1, -0.05) is 12.1 Å². The van der Waals surface area contributed by atoms with E-state index in [0.29, 0.717) is 13.1 Å². The molecule has 23 heavy (non-hydrogen) atoms. The number of amides is 1. The van der Waals surface area contributed by atoms with E-state index in [4.69, 9.17) is 10.5 Å². The molecule has 1 fully saturated rings. The third-order valence-electron chi connectivity index (χ3n) is 4.17. The minimum atomic E-state index is -0.532. The fourth-order valence-corrected chi connectivity index (χ4v) is 3.18. The molecule has 0 aromatic heterocycles. The number of likely N-dealkylation sites (tertiary alicyclic amines) is 1. The van der Waals surface area contributed by atoms with Gasteiger partial charge in [0.25, 0.3) is 0 Å². The summed E-state index contributed by atoms with van der Waals surface area (Å²) in [6.45, 7) is 6.60. The van der Waals surface area contributed by atoms with Gasteiger partial charge in [0, 0.05) is 25.0 Å². The lowest BCUT2D eigenvalue weighted by Gasteiger charge is -2.40. The molecule has 4 nitrogen and oxygen atoms in total. The SMILES string of the molecule is CC(C)(C)OC(=O)N1CCCCC1C(CN)c1cccc(F)c1. The number of nitrogens with zero attached hydrogens (tertiary/aromatic N) is 1. The van der Waals surface area contributed by atoms with Crippen LogP contribution in [-0.4, -0.2) is 35.7 Å². The maximum Gasteiger partial charge on any atom is 0.410 e. The Balaban J connectivity index is 2.23. The number of carbonyl (C=O) groups excluding carboxylic acids is 1. The molecule has 1 aliphatic rings. The Morgan fingerprint density at radius 3 is 2.78 bits per heavy atom. The van der Waals surface area contributed by atoms with E-state index in [-0.39, 0.29) is 23.9 Å². The van der Waals surface area contributed by atoms with Gasteiger partial charge in [0.1, 0.15) is 11.4 Å². The lowest BCUT2D eigenvalue weighted by atomic mass is 9.85. The summed E-state index contributed by atoms with van der Waals surface area (Å²) in [5, 5.41) is 0. The predicted octanol–water partition coefficient (Wildman–Crippen LogP) is 3.66. The molecule has 2 rings (SSSR count). The van der Waals surface area contributed by atoms with Crippen LogP contribution in [0.3, 0.4) is 0 Å². The van der Waals surface area contributed by atoms with Crippen molar-refractivity contribution in [1.82, 2.24) is 4.90 Å². The van der Waals surface area contributed by atoms with Gasteiger partial charge in [-0.25, -0.2) is 9.18 Å². The molecule has 2 unspecified atom stereocenters. The van der Waals surface area contributed by atoms with E-state index in [1.165, 1.54) is 12.1 Å². The van der Waals surface area contributed by atoms with Crippen LogP contribution in [0.1, 0.15) is 51.5 Å². The summed E-state index contributed by atoms with van der Waals surface area (Å²) in [6.07, 6.45) is 2.54. The van der Waals surface area contributed by atoms with Gasteiger partial charge >= 0.3 is 6.09 Å². The molecular weight excluding hydrogens is 295 g/mol.